The van der Waals surface area contributed by atoms with E-state index in [-0.39, 0.29) is 36.1 Å². The second kappa shape index (κ2) is 12.5. The first kappa shape index (κ1) is 29.1. The van der Waals surface area contributed by atoms with Crippen LogP contribution in [0.5, 0.6) is 5.75 Å². The van der Waals surface area contributed by atoms with Crippen molar-refractivity contribution >= 4 is 29.5 Å². The van der Waals surface area contributed by atoms with Crippen molar-refractivity contribution in [2.24, 2.45) is 0 Å². The lowest BCUT2D eigenvalue weighted by atomic mass is 9.96. The molecular weight excluding hydrogens is 528 g/mol. The van der Waals surface area contributed by atoms with Crippen LogP contribution in [0.2, 0.25) is 0 Å². The number of phenols is 1. The Morgan fingerprint density at radius 3 is 2.50 bits per heavy atom. The molecule has 0 spiro atoms. The van der Waals surface area contributed by atoms with Gasteiger partial charge in [0, 0.05) is 34.8 Å². The molecule has 210 valence electrons. The number of aromatic hydroxyl groups is 1. The molecule has 10 heteroatoms. The Morgan fingerprint density at radius 1 is 1.07 bits per heavy atom. The number of phenolic OH excluding ortho intramolecular Hbond substituents is 1. The summed E-state index contributed by atoms with van der Waals surface area (Å²) in [6.45, 7) is 5.65. The van der Waals surface area contributed by atoms with Gasteiger partial charge >= 0.3 is 0 Å². The van der Waals surface area contributed by atoms with Gasteiger partial charge in [0.1, 0.15) is 11.8 Å². The molecular formula is C30H34N4O5S. The molecule has 0 saturated carbocycles. The van der Waals surface area contributed by atoms with Gasteiger partial charge in [-0.25, -0.2) is 0 Å². The van der Waals surface area contributed by atoms with Crippen molar-refractivity contribution in [3.63, 3.8) is 0 Å². The van der Waals surface area contributed by atoms with Gasteiger partial charge in [0.2, 0.25) is 5.91 Å². The predicted octanol–water partition coefficient (Wildman–Crippen LogP) is 2.79. The smallest absolute Gasteiger partial charge is 0.254 e. The molecule has 0 radical (unpaired) electrons. The SMILES string of the molecule is Cc1c(O)cccc1C(=O)N[C@@H](Cc1ccccc1)[C@H](O)C(=O)N1CSC(C)(C)[C@H]1C(=O)NCc1cccnc1. The number of amides is 3. The zero-order valence-electron chi connectivity index (χ0n) is 22.7. The Labute approximate surface area is 238 Å². The molecule has 40 heavy (non-hydrogen) atoms. The fourth-order valence-corrected chi connectivity index (χ4v) is 5.91. The minimum absolute atomic E-state index is 0.0275. The highest BCUT2D eigenvalue weighted by molar-refractivity contribution is 8.00. The molecule has 1 fully saturated rings. The standard InChI is InChI=1S/C30H34N4O5S/c1-19-22(12-7-13-24(19)35)27(37)33-23(15-20-9-5-4-6-10-20)25(36)29(39)34-18-40-30(2,3)26(34)28(38)32-17-21-11-8-14-31-16-21/h4-14,16,23,25-26,35-36H,15,17-18H2,1-3H3,(H,32,38)(H,33,37)/t23-,25-,26+/m0/s1. The Morgan fingerprint density at radius 2 is 1.80 bits per heavy atom. The lowest BCUT2D eigenvalue weighted by molar-refractivity contribution is -0.147. The number of nitrogens with zero attached hydrogens (tertiary/aromatic N) is 2. The number of nitrogens with one attached hydrogen (secondary N) is 2. The fourth-order valence-electron chi connectivity index (χ4n) is 4.77. The third kappa shape index (κ3) is 6.63. The molecule has 0 bridgehead atoms. The molecule has 3 atom stereocenters. The van der Waals surface area contributed by atoms with Crippen molar-refractivity contribution < 1.29 is 24.6 Å². The van der Waals surface area contributed by atoms with E-state index in [2.05, 4.69) is 15.6 Å². The number of pyridine rings is 1. The molecule has 0 unspecified atom stereocenters. The number of aliphatic hydroxyl groups excluding tert-OH is 1. The van der Waals surface area contributed by atoms with Crippen molar-refractivity contribution in [1.82, 2.24) is 20.5 Å². The predicted molar refractivity (Wildman–Crippen MR) is 154 cm³/mol. The summed E-state index contributed by atoms with van der Waals surface area (Å²) in [6.07, 6.45) is 1.87. The quantitative estimate of drug-likeness (QED) is 0.315. The number of aromatic nitrogens is 1. The lowest BCUT2D eigenvalue weighted by Crippen LogP contribution is -2.58. The first-order valence-corrected chi connectivity index (χ1v) is 14.0. The maximum absolute atomic E-state index is 13.8. The third-order valence-corrected chi connectivity index (χ3v) is 8.44. The first-order valence-electron chi connectivity index (χ1n) is 13.0. The van der Waals surface area contributed by atoms with E-state index in [9.17, 15) is 24.6 Å². The Hall–Kier alpha value is -3.89. The number of hydrogen-bond donors (Lipinski definition) is 4. The number of hydrogen-bond acceptors (Lipinski definition) is 7. The van der Waals surface area contributed by atoms with Gasteiger partial charge in [-0.3, -0.25) is 19.4 Å². The lowest BCUT2D eigenvalue weighted by Gasteiger charge is -2.33. The van der Waals surface area contributed by atoms with Crippen molar-refractivity contribution in [3.8, 4) is 5.75 Å². The number of carbonyl (C=O) groups is 3. The van der Waals surface area contributed by atoms with Crippen LogP contribution in [0.25, 0.3) is 0 Å². The topological polar surface area (TPSA) is 132 Å². The summed E-state index contributed by atoms with van der Waals surface area (Å²) in [5.41, 5.74) is 2.27. The second-order valence-corrected chi connectivity index (χ2v) is 11.9. The zero-order valence-corrected chi connectivity index (χ0v) is 23.5. The van der Waals surface area contributed by atoms with E-state index in [1.807, 2.05) is 50.2 Å². The normalized spacial score (nSPS) is 17.6. The van der Waals surface area contributed by atoms with Gasteiger partial charge < -0.3 is 25.7 Å². The van der Waals surface area contributed by atoms with Gasteiger partial charge in [-0.05, 0) is 56.5 Å². The van der Waals surface area contributed by atoms with Crippen LogP contribution in [-0.2, 0) is 22.6 Å². The number of benzene rings is 2. The summed E-state index contributed by atoms with van der Waals surface area (Å²) in [5, 5.41) is 27.2. The summed E-state index contributed by atoms with van der Waals surface area (Å²) in [6, 6.07) is 15.6. The van der Waals surface area contributed by atoms with Crippen LogP contribution in [0.4, 0.5) is 0 Å². The van der Waals surface area contributed by atoms with E-state index in [1.165, 1.54) is 22.7 Å². The van der Waals surface area contributed by atoms with Gasteiger partial charge in [0.25, 0.3) is 11.8 Å². The fraction of sp³-hybridized carbons (Fsp3) is 0.333. The molecule has 2 heterocycles. The van der Waals surface area contributed by atoms with E-state index < -0.39 is 34.7 Å². The van der Waals surface area contributed by atoms with E-state index in [4.69, 9.17) is 0 Å². The molecule has 3 amide bonds. The molecule has 3 aromatic rings. The average molecular weight is 563 g/mol. The van der Waals surface area contributed by atoms with Crippen LogP contribution in [0, 0.1) is 6.92 Å². The van der Waals surface area contributed by atoms with Crippen LogP contribution >= 0.6 is 11.8 Å². The van der Waals surface area contributed by atoms with Crippen LogP contribution in [0.15, 0.2) is 73.1 Å². The highest BCUT2D eigenvalue weighted by Gasteiger charge is 2.49. The van der Waals surface area contributed by atoms with E-state index >= 15 is 0 Å². The van der Waals surface area contributed by atoms with Gasteiger partial charge in [0.05, 0.1) is 11.9 Å². The number of carbonyl (C=O) groups excluding carboxylic acids is 3. The minimum atomic E-state index is -1.62. The number of thioether (sulfide) groups is 1. The van der Waals surface area contributed by atoms with Crippen molar-refractivity contribution in [2.75, 3.05) is 5.88 Å². The molecule has 1 aromatic heterocycles. The maximum Gasteiger partial charge on any atom is 0.254 e. The highest BCUT2D eigenvalue weighted by atomic mass is 32.2. The molecule has 4 rings (SSSR count). The Bertz CT molecular complexity index is 1350. The third-order valence-electron chi connectivity index (χ3n) is 7.07. The highest BCUT2D eigenvalue weighted by Crippen LogP contribution is 2.40. The molecule has 1 aliphatic rings. The van der Waals surface area contributed by atoms with Gasteiger partial charge in [-0.1, -0.05) is 42.5 Å². The van der Waals surface area contributed by atoms with E-state index in [0.29, 0.717) is 5.56 Å². The largest absolute Gasteiger partial charge is 0.508 e. The summed E-state index contributed by atoms with van der Waals surface area (Å²) >= 11 is 1.45. The Kier molecular flexibility index (Phi) is 9.11. The molecule has 1 saturated heterocycles. The van der Waals surface area contributed by atoms with Gasteiger partial charge in [0.15, 0.2) is 6.10 Å². The van der Waals surface area contributed by atoms with Crippen LogP contribution in [-0.4, -0.2) is 66.6 Å². The second-order valence-electron chi connectivity index (χ2n) is 10.3. The Balaban J connectivity index is 1.56. The van der Waals surface area contributed by atoms with Gasteiger partial charge in [-0.15, -0.1) is 11.8 Å². The van der Waals surface area contributed by atoms with E-state index in [0.717, 1.165) is 11.1 Å². The molecule has 4 N–H and O–H groups in total. The van der Waals surface area contributed by atoms with Crippen molar-refractivity contribution in [2.45, 2.75) is 56.7 Å². The monoisotopic (exact) mass is 562 g/mol. The summed E-state index contributed by atoms with van der Waals surface area (Å²) in [7, 11) is 0. The maximum atomic E-state index is 13.8. The summed E-state index contributed by atoms with van der Waals surface area (Å²) in [5.74, 6) is -1.32. The van der Waals surface area contributed by atoms with E-state index in [1.54, 1.807) is 37.5 Å². The number of aliphatic hydroxyl groups is 1. The van der Waals surface area contributed by atoms with Crippen molar-refractivity contribution in [1.29, 1.82) is 0 Å². The van der Waals surface area contributed by atoms with Crippen molar-refractivity contribution in [3.05, 3.63) is 95.3 Å². The summed E-state index contributed by atoms with van der Waals surface area (Å²) < 4.78 is -0.606. The first-order chi connectivity index (χ1) is 19.1. The zero-order chi connectivity index (χ0) is 28.9. The van der Waals surface area contributed by atoms with Crippen LogP contribution in [0.1, 0.15) is 40.9 Å². The molecule has 1 aliphatic heterocycles. The minimum Gasteiger partial charge on any atom is -0.508 e. The molecule has 9 nitrogen and oxygen atoms in total. The van der Waals surface area contributed by atoms with Crippen LogP contribution < -0.4 is 10.6 Å². The number of rotatable bonds is 9. The average Bonchev–Trinajstić information content (AvgIpc) is 3.27. The summed E-state index contributed by atoms with van der Waals surface area (Å²) in [4.78, 5) is 45.8. The molecule has 2 aromatic carbocycles. The van der Waals surface area contributed by atoms with Crippen LogP contribution in [0.3, 0.4) is 0 Å². The van der Waals surface area contributed by atoms with Gasteiger partial charge in [-0.2, -0.15) is 0 Å². The molecule has 0 aliphatic carbocycles.